The van der Waals surface area contributed by atoms with Crippen molar-refractivity contribution >= 4 is 16.1 Å². The van der Waals surface area contributed by atoms with Crippen LogP contribution in [0.1, 0.15) is 22.9 Å². The van der Waals surface area contributed by atoms with Gasteiger partial charge in [0.05, 0.1) is 35.8 Å². The predicted octanol–water partition coefficient (Wildman–Crippen LogP) is 4.08. The third-order valence-corrected chi connectivity index (χ3v) is 7.44. The first-order chi connectivity index (χ1) is 17.7. The molecule has 0 aliphatic rings. The van der Waals surface area contributed by atoms with Gasteiger partial charge in [-0.1, -0.05) is 48.5 Å². The molecular formula is C27H28N4O5S. The minimum absolute atomic E-state index is 0.0250. The molecule has 4 aromatic rings. The van der Waals surface area contributed by atoms with Gasteiger partial charge in [0.15, 0.2) is 11.5 Å². The van der Waals surface area contributed by atoms with E-state index in [9.17, 15) is 18.3 Å². The molecule has 9 nitrogen and oxygen atoms in total. The maximum atomic E-state index is 13.0. The number of carbonyl (C=O) groups excluding carboxylic acids is 1. The zero-order chi connectivity index (χ0) is 26.6. The third-order valence-electron chi connectivity index (χ3n) is 5.95. The molecule has 0 fully saturated rings. The lowest BCUT2D eigenvalue weighted by molar-refractivity contribution is 0.242. The maximum absolute atomic E-state index is 13.0. The molecule has 1 atom stereocenters. The fraction of sp³-hybridized carbons (Fsp3) is 0.185. The van der Waals surface area contributed by atoms with Gasteiger partial charge in [0.25, 0.3) is 10.0 Å². The summed E-state index contributed by atoms with van der Waals surface area (Å²) in [5, 5.41) is 13.1. The van der Waals surface area contributed by atoms with E-state index >= 15 is 0 Å². The average Bonchev–Trinajstić information content (AvgIpc) is 3.25. The highest BCUT2D eigenvalue weighted by Gasteiger charge is 2.26. The normalized spacial score (nSPS) is 12.1. The first-order valence-electron chi connectivity index (χ1n) is 11.5. The molecule has 192 valence electrons. The van der Waals surface area contributed by atoms with Crippen molar-refractivity contribution in [1.29, 1.82) is 0 Å². The standard InChI is InChI=1S/C27H28N4O5S/c1-18-9-7-8-12-24(18)37(34,35)30-27(33)29-21(15-19-10-5-4-6-11-19)25-26(31(2)17-28-25)20-13-14-23(36-3)22(32)16-20/h4-14,16-17,21,32H,15H2,1-3H3,(H2,29,30,33). The van der Waals surface area contributed by atoms with E-state index in [1.807, 2.05) is 30.3 Å². The lowest BCUT2D eigenvalue weighted by Crippen LogP contribution is -2.42. The zero-order valence-electron chi connectivity index (χ0n) is 20.7. The van der Waals surface area contributed by atoms with Gasteiger partial charge in [0.2, 0.25) is 0 Å². The summed E-state index contributed by atoms with van der Waals surface area (Å²) in [7, 11) is -0.829. The molecule has 3 aromatic carbocycles. The fourth-order valence-electron chi connectivity index (χ4n) is 4.18. The Hall–Kier alpha value is -4.31. The van der Waals surface area contributed by atoms with E-state index in [1.54, 1.807) is 61.3 Å². The minimum atomic E-state index is -4.10. The zero-order valence-corrected chi connectivity index (χ0v) is 21.5. The van der Waals surface area contributed by atoms with Gasteiger partial charge in [0.1, 0.15) is 0 Å². The number of nitrogens with one attached hydrogen (secondary N) is 2. The topological polar surface area (TPSA) is 123 Å². The number of aromatic hydroxyl groups is 1. The second-order valence-electron chi connectivity index (χ2n) is 8.56. The van der Waals surface area contributed by atoms with Gasteiger partial charge in [-0.3, -0.25) is 0 Å². The Morgan fingerprint density at radius 1 is 1.08 bits per heavy atom. The lowest BCUT2D eigenvalue weighted by atomic mass is 9.99. The highest BCUT2D eigenvalue weighted by atomic mass is 32.2. The van der Waals surface area contributed by atoms with Crippen LogP contribution in [0.5, 0.6) is 11.5 Å². The highest BCUT2D eigenvalue weighted by Crippen LogP contribution is 2.35. The van der Waals surface area contributed by atoms with Crippen LogP contribution < -0.4 is 14.8 Å². The summed E-state index contributed by atoms with van der Waals surface area (Å²) in [6.45, 7) is 1.66. The largest absolute Gasteiger partial charge is 0.504 e. The van der Waals surface area contributed by atoms with Crippen LogP contribution in [0.25, 0.3) is 11.3 Å². The Kier molecular flexibility index (Phi) is 7.49. The van der Waals surface area contributed by atoms with E-state index in [1.165, 1.54) is 13.2 Å². The number of sulfonamides is 1. The van der Waals surface area contributed by atoms with Gasteiger partial charge in [-0.15, -0.1) is 0 Å². The summed E-state index contributed by atoms with van der Waals surface area (Å²) in [5.41, 5.74) is 3.26. The van der Waals surface area contributed by atoms with Gasteiger partial charge in [-0.2, -0.15) is 0 Å². The van der Waals surface area contributed by atoms with Crippen LogP contribution in [0.2, 0.25) is 0 Å². The average molecular weight is 521 g/mol. The Bertz CT molecular complexity index is 1520. The van der Waals surface area contributed by atoms with E-state index < -0.39 is 22.1 Å². The molecule has 0 aliphatic heterocycles. The predicted molar refractivity (Wildman–Crippen MR) is 140 cm³/mol. The number of amides is 2. The summed E-state index contributed by atoms with van der Waals surface area (Å²) in [6, 6.07) is 19.3. The smallest absolute Gasteiger partial charge is 0.329 e. The van der Waals surface area contributed by atoms with Crippen LogP contribution in [0.3, 0.4) is 0 Å². The number of phenols is 1. The second-order valence-corrected chi connectivity index (χ2v) is 10.2. The summed E-state index contributed by atoms with van der Waals surface area (Å²) in [5.74, 6) is 0.286. The number of rotatable bonds is 8. The summed E-state index contributed by atoms with van der Waals surface area (Å²) in [6.07, 6.45) is 1.96. The number of imidazole rings is 1. The van der Waals surface area contributed by atoms with Crippen LogP contribution in [0, 0.1) is 6.92 Å². The van der Waals surface area contributed by atoms with E-state index in [-0.39, 0.29) is 10.6 Å². The number of hydrogen-bond donors (Lipinski definition) is 3. The number of methoxy groups -OCH3 is 1. The van der Waals surface area contributed by atoms with Crippen molar-refractivity contribution in [3.05, 3.63) is 95.9 Å². The molecule has 0 spiro atoms. The molecule has 4 rings (SSSR count). The van der Waals surface area contributed by atoms with Crippen molar-refractivity contribution in [2.24, 2.45) is 7.05 Å². The molecule has 10 heteroatoms. The number of urea groups is 1. The molecule has 3 N–H and O–H groups in total. The monoisotopic (exact) mass is 520 g/mol. The fourth-order valence-corrected chi connectivity index (χ4v) is 5.34. The molecule has 0 saturated carbocycles. The Balaban J connectivity index is 1.69. The third kappa shape index (κ3) is 5.75. The molecular weight excluding hydrogens is 492 g/mol. The highest BCUT2D eigenvalue weighted by molar-refractivity contribution is 7.90. The number of aryl methyl sites for hydroxylation is 2. The second kappa shape index (κ2) is 10.8. The quantitative estimate of drug-likeness (QED) is 0.322. The van der Waals surface area contributed by atoms with E-state index in [0.29, 0.717) is 34.7 Å². The number of aromatic nitrogens is 2. The molecule has 37 heavy (non-hydrogen) atoms. The Labute approximate surface area is 215 Å². The van der Waals surface area contributed by atoms with Gasteiger partial charge in [-0.05, 0) is 48.7 Å². The van der Waals surface area contributed by atoms with Crippen molar-refractivity contribution in [3.8, 4) is 22.8 Å². The van der Waals surface area contributed by atoms with Crippen LogP contribution in [-0.2, 0) is 23.5 Å². The van der Waals surface area contributed by atoms with Crippen molar-refractivity contribution in [2.75, 3.05) is 7.11 Å². The number of benzene rings is 3. The van der Waals surface area contributed by atoms with E-state index in [0.717, 1.165) is 5.56 Å². The van der Waals surface area contributed by atoms with Crippen molar-refractivity contribution in [1.82, 2.24) is 19.6 Å². The molecule has 2 amide bonds. The minimum Gasteiger partial charge on any atom is -0.504 e. The number of nitrogens with zero attached hydrogens (tertiary/aromatic N) is 2. The maximum Gasteiger partial charge on any atom is 0.329 e. The Morgan fingerprint density at radius 2 is 1.78 bits per heavy atom. The number of ether oxygens (including phenoxy) is 1. The van der Waals surface area contributed by atoms with Gasteiger partial charge < -0.3 is 19.7 Å². The van der Waals surface area contributed by atoms with Crippen molar-refractivity contribution < 1.29 is 23.1 Å². The van der Waals surface area contributed by atoms with Crippen LogP contribution in [-0.4, -0.2) is 36.2 Å². The first-order valence-corrected chi connectivity index (χ1v) is 13.0. The molecule has 1 unspecified atom stereocenters. The molecule has 0 bridgehead atoms. The number of hydrogen-bond acceptors (Lipinski definition) is 6. The van der Waals surface area contributed by atoms with Crippen molar-refractivity contribution in [3.63, 3.8) is 0 Å². The number of phenolic OH excluding ortho intramolecular Hbond substituents is 1. The SMILES string of the molecule is COc1ccc(-c2c(C(Cc3ccccc3)NC(=O)NS(=O)(=O)c3ccccc3C)ncn2C)cc1O. The van der Waals surface area contributed by atoms with Crippen LogP contribution in [0.15, 0.2) is 84.0 Å². The van der Waals surface area contributed by atoms with E-state index in [4.69, 9.17) is 4.74 Å². The lowest BCUT2D eigenvalue weighted by Gasteiger charge is -2.20. The summed E-state index contributed by atoms with van der Waals surface area (Å²) >= 11 is 0. The molecule has 0 saturated heterocycles. The van der Waals surface area contributed by atoms with Crippen molar-refractivity contribution in [2.45, 2.75) is 24.3 Å². The molecule has 1 aromatic heterocycles. The molecule has 0 radical (unpaired) electrons. The number of carbonyl (C=O) groups is 1. The Morgan fingerprint density at radius 3 is 2.46 bits per heavy atom. The van der Waals surface area contributed by atoms with Gasteiger partial charge >= 0.3 is 6.03 Å². The van der Waals surface area contributed by atoms with Gasteiger partial charge in [-0.25, -0.2) is 22.9 Å². The summed E-state index contributed by atoms with van der Waals surface area (Å²) in [4.78, 5) is 17.6. The van der Waals surface area contributed by atoms with Gasteiger partial charge in [0, 0.05) is 12.6 Å². The van der Waals surface area contributed by atoms with Crippen LogP contribution >= 0.6 is 0 Å². The van der Waals surface area contributed by atoms with E-state index in [2.05, 4.69) is 15.0 Å². The van der Waals surface area contributed by atoms with Crippen LogP contribution in [0.4, 0.5) is 4.79 Å². The first kappa shape index (κ1) is 25.8. The summed E-state index contributed by atoms with van der Waals surface area (Å²) < 4.78 is 34.8. The molecule has 0 aliphatic carbocycles. The molecule has 1 heterocycles.